The number of carbonyl (C=O) groups excluding carboxylic acids is 1. The number of anilines is 1. The molecule has 1 aromatic carbocycles. The maximum atomic E-state index is 13.4. The van der Waals surface area contributed by atoms with Crippen LogP contribution in [0.3, 0.4) is 0 Å². The Morgan fingerprint density at radius 2 is 2.20 bits per heavy atom. The van der Waals surface area contributed by atoms with Gasteiger partial charge in [-0.1, -0.05) is 24.3 Å². The lowest BCUT2D eigenvalue weighted by molar-refractivity contribution is -0.147. The van der Waals surface area contributed by atoms with E-state index in [1.165, 1.54) is 12.2 Å². The predicted octanol–water partition coefficient (Wildman–Crippen LogP) is 1.25. The van der Waals surface area contributed by atoms with E-state index in [-0.39, 0.29) is 24.0 Å². The van der Waals surface area contributed by atoms with Crippen LogP contribution >= 0.6 is 0 Å². The van der Waals surface area contributed by atoms with Gasteiger partial charge in [0.15, 0.2) is 0 Å². The van der Waals surface area contributed by atoms with Crippen molar-refractivity contribution in [3.63, 3.8) is 0 Å². The summed E-state index contributed by atoms with van der Waals surface area (Å²) in [5.41, 5.74) is 0.822. The quantitative estimate of drug-likeness (QED) is 0.804. The molecule has 1 amide bonds. The van der Waals surface area contributed by atoms with Gasteiger partial charge in [-0.15, -0.1) is 0 Å². The molecule has 0 aromatic heterocycles. The molecule has 6 heteroatoms. The Hall–Kier alpha value is -1.89. The van der Waals surface area contributed by atoms with Crippen LogP contribution in [0.2, 0.25) is 0 Å². The van der Waals surface area contributed by atoms with Gasteiger partial charge in [0.05, 0.1) is 25.5 Å². The molecule has 5 aliphatic rings. The van der Waals surface area contributed by atoms with Crippen molar-refractivity contribution in [3.05, 3.63) is 41.6 Å². The van der Waals surface area contributed by atoms with Crippen LogP contribution in [0, 0.1) is 5.92 Å². The monoisotopic (exact) mass is 342 g/mol. The highest BCUT2D eigenvalue weighted by Crippen LogP contribution is 2.58. The van der Waals surface area contributed by atoms with Crippen LogP contribution in [-0.4, -0.2) is 42.5 Å². The van der Waals surface area contributed by atoms with Crippen molar-refractivity contribution in [1.29, 1.82) is 0 Å². The van der Waals surface area contributed by atoms with Crippen molar-refractivity contribution in [2.75, 3.05) is 18.8 Å². The van der Waals surface area contributed by atoms with Crippen molar-refractivity contribution >= 4 is 11.6 Å². The lowest BCUT2D eigenvalue weighted by atomic mass is 9.71. The Balaban J connectivity index is 1.71. The molecule has 6 rings (SSSR count). The topological polar surface area (TPSA) is 71.0 Å². The largest absolute Gasteiger partial charge is 0.383 e. The summed E-state index contributed by atoms with van der Waals surface area (Å²) in [6.45, 7) is 2.39. The zero-order valence-electron chi connectivity index (χ0n) is 14.4. The van der Waals surface area contributed by atoms with Crippen LogP contribution in [0.4, 0.5) is 5.69 Å². The Morgan fingerprint density at radius 3 is 2.96 bits per heavy atom. The van der Waals surface area contributed by atoms with E-state index in [1.807, 2.05) is 37.3 Å². The second-order valence-electron chi connectivity index (χ2n) is 7.48. The van der Waals surface area contributed by atoms with Crippen LogP contribution in [0.15, 0.2) is 36.0 Å². The highest BCUT2D eigenvalue weighted by Gasteiger charge is 2.68. The van der Waals surface area contributed by atoms with E-state index in [2.05, 4.69) is 5.32 Å². The number of hydrogen-bond acceptors (Lipinski definition) is 5. The van der Waals surface area contributed by atoms with Crippen molar-refractivity contribution < 1.29 is 19.5 Å². The molecule has 1 aliphatic carbocycles. The molecule has 2 N–H and O–H groups in total. The molecule has 3 saturated heterocycles. The number of hydroxylamine groups is 1. The van der Waals surface area contributed by atoms with Gasteiger partial charge in [0.1, 0.15) is 11.0 Å². The van der Waals surface area contributed by atoms with Gasteiger partial charge in [-0.05, 0) is 25.0 Å². The third-order valence-corrected chi connectivity index (χ3v) is 6.61. The molecule has 4 heterocycles. The summed E-state index contributed by atoms with van der Waals surface area (Å²) in [6, 6.07) is 7.74. The molecule has 5 atom stereocenters. The minimum atomic E-state index is -0.943. The zero-order valence-corrected chi connectivity index (χ0v) is 14.4. The number of rotatable bonds is 1. The van der Waals surface area contributed by atoms with Gasteiger partial charge in [-0.2, -0.15) is 5.06 Å². The molecule has 0 unspecified atom stereocenters. The smallest absolute Gasteiger partial charge is 0.264 e. The molecule has 132 valence electrons. The Labute approximate surface area is 146 Å². The molecule has 4 aliphatic heterocycles. The fraction of sp³-hybridized carbons (Fsp3) is 0.526. The number of nitrogens with one attached hydrogen (secondary N) is 1. The van der Waals surface area contributed by atoms with E-state index in [0.717, 1.165) is 16.9 Å². The van der Waals surface area contributed by atoms with E-state index in [9.17, 15) is 9.90 Å². The predicted molar refractivity (Wildman–Crippen MR) is 90.7 cm³/mol. The molecule has 1 saturated carbocycles. The summed E-state index contributed by atoms with van der Waals surface area (Å²) in [7, 11) is 1.51. The standard InChI is InChI=1S/C19H22N2O4/c1-3-15-19(23)9-16-18(8-13(20-15)12(19)10-25-16)11-6-4-5-7-14(11)21(24-2)17(18)22/h3-7,12-13,16,20,23H,8-10H2,1-2H3/b15-3+/t12-,13+,16-,18+,19+/m1/s1. The summed E-state index contributed by atoms with van der Waals surface area (Å²) in [5, 5.41) is 16.2. The number of carbonyl (C=O) groups is 1. The van der Waals surface area contributed by atoms with Crippen LogP contribution < -0.4 is 10.4 Å². The second kappa shape index (κ2) is 4.84. The minimum Gasteiger partial charge on any atom is -0.383 e. The molecular formula is C19H22N2O4. The Bertz CT molecular complexity index is 793. The Morgan fingerprint density at radius 1 is 1.40 bits per heavy atom. The number of fused-ring (bicyclic) bond motifs is 2. The first-order chi connectivity index (χ1) is 12.1. The van der Waals surface area contributed by atoms with E-state index < -0.39 is 11.0 Å². The normalized spacial score (nSPS) is 42.8. The number of benzene rings is 1. The van der Waals surface area contributed by atoms with E-state index in [0.29, 0.717) is 19.4 Å². The number of hydrogen-bond donors (Lipinski definition) is 2. The van der Waals surface area contributed by atoms with Gasteiger partial charge in [0, 0.05) is 24.1 Å². The summed E-state index contributed by atoms with van der Waals surface area (Å²) in [6.07, 6.45) is 2.58. The fourth-order valence-electron chi connectivity index (χ4n) is 5.48. The summed E-state index contributed by atoms with van der Waals surface area (Å²) >= 11 is 0. The maximum absolute atomic E-state index is 13.4. The van der Waals surface area contributed by atoms with Gasteiger partial charge in [-0.25, -0.2) is 0 Å². The van der Waals surface area contributed by atoms with Crippen LogP contribution in [0.25, 0.3) is 0 Å². The lowest BCUT2D eigenvalue weighted by Crippen LogP contribution is -2.55. The van der Waals surface area contributed by atoms with Gasteiger partial charge >= 0.3 is 0 Å². The van der Waals surface area contributed by atoms with Crippen LogP contribution in [0.5, 0.6) is 0 Å². The van der Waals surface area contributed by atoms with Crippen molar-refractivity contribution in [2.24, 2.45) is 5.92 Å². The third-order valence-electron chi connectivity index (χ3n) is 6.61. The minimum absolute atomic E-state index is 0.00230. The first kappa shape index (κ1) is 15.4. The Kier molecular flexibility index (Phi) is 2.98. The fourth-order valence-corrected chi connectivity index (χ4v) is 5.48. The van der Waals surface area contributed by atoms with E-state index in [4.69, 9.17) is 9.57 Å². The molecule has 4 bridgehead atoms. The van der Waals surface area contributed by atoms with E-state index in [1.54, 1.807) is 0 Å². The molecule has 4 fully saturated rings. The number of amides is 1. The SMILES string of the molecule is C/C=C1/N[C@H]2C[C@@]3(C(=O)N(OC)c4ccccc43)[C@H]3C[C@]1(O)[C@@H]2CO3. The van der Waals surface area contributed by atoms with Crippen LogP contribution in [-0.2, 0) is 19.8 Å². The van der Waals surface area contributed by atoms with E-state index >= 15 is 0 Å². The maximum Gasteiger partial charge on any atom is 0.264 e. The average Bonchev–Trinajstić information content (AvgIpc) is 2.91. The molecular weight excluding hydrogens is 320 g/mol. The van der Waals surface area contributed by atoms with Crippen molar-refractivity contribution in [1.82, 2.24) is 5.32 Å². The number of allylic oxidation sites excluding steroid dienone is 1. The molecule has 1 aromatic rings. The van der Waals surface area contributed by atoms with Gasteiger partial charge in [0.25, 0.3) is 5.91 Å². The molecule has 0 radical (unpaired) electrons. The number of nitrogens with zero attached hydrogens (tertiary/aromatic N) is 1. The first-order valence-electron chi connectivity index (χ1n) is 8.81. The lowest BCUT2D eigenvalue weighted by Gasteiger charge is -2.42. The van der Waals surface area contributed by atoms with Gasteiger partial charge < -0.3 is 15.2 Å². The van der Waals surface area contributed by atoms with Gasteiger partial charge in [0.2, 0.25) is 0 Å². The molecule has 1 spiro atoms. The summed E-state index contributed by atoms with van der Waals surface area (Å²) in [5.74, 6) is -0.132. The molecule has 25 heavy (non-hydrogen) atoms. The number of aliphatic hydroxyl groups is 1. The highest BCUT2D eigenvalue weighted by atomic mass is 16.7. The second-order valence-corrected chi connectivity index (χ2v) is 7.48. The molecule has 6 nitrogen and oxygen atoms in total. The number of ether oxygens (including phenoxy) is 1. The average molecular weight is 342 g/mol. The van der Waals surface area contributed by atoms with Crippen LogP contribution in [0.1, 0.15) is 25.3 Å². The highest BCUT2D eigenvalue weighted by molar-refractivity contribution is 6.07. The first-order valence-corrected chi connectivity index (χ1v) is 8.81. The number of para-hydroxylation sites is 1. The van der Waals surface area contributed by atoms with Crippen molar-refractivity contribution in [2.45, 2.75) is 42.9 Å². The van der Waals surface area contributed by atoms with Crippen molar-refractivity contribution in [3.8, 4) is 0 Å². The van der Waals surface area contributed by atoms with Gasteiger partial charge in [-0.3, -0.25) is 9.63 Å². The summed E-state index contributed by atoms with van der Waals surface area (Å²) < 4.78 is 6.17. The summed E-state index contributed by atoms with van der Waals surface area (Å²) in [4.78, 5) is 18.8. The third kappa shape index (κ3) is 1.63. The zero-order chi connectivity index (χ0) is 17.4.